The molecule has 3 aromatic carbocycles. The molecule has 0 radical (unpaired) electrons. The first-order valence-electron chi connectivity index (χ1n) is 10.0. The van der Waals surface area contributed by atoms with E-state index in [-0.39, 0.29) is 5.69 Å². The van der Waals surface area contributed by atoms with Crippen LogP contribution in [0.15, 0.2) is 79.0 Å². The van der Waals surface area contributed by atoms with Crippen LogP contribution in [0.2, 0.25) is 0 Å². The minimum atomic E-state index is -0.404. The van der Waals surface area contributed by atoms with E-state index in [1.165, 1.54) is 12.1 Å². The van der Waals surface area contributed by atoms with Crippen LogP contribution >= 0.6 is 0 Å². The number of para-hydroxylation sites is 3. The number of aromatic nitrogens is 3. The first-order chi connectivity index (χ1) is 15.6. The molecule has 2 aromatic heterocycles. The van der Waals surface area contributed by atoms with Crippen molar-refractivity contribution in [3.8, 4) is 6.07 Å². The van der Waals surface area contributed by atoms with Gasteiger partial charge < -0.3 is 9.55 Å². The molecule has 7 nitrogen and oxygen atoms in total. The Morgan fingerprint density at radius 2 is 1.84 bits per heavy atom. The predicted molar refractivity (Wildman–Crippen MR) is 124 cm³/mol. The third kappa shape index (κ3) is 3.50. The topological polar surface area (TPSA) is 101 Å². The summed E-state index contributed by atoms with van der Waals surface area (Å²) >= 11 is 0. The Morgan fingerprint density at radius 1 is 1.09 bits per heavy atom. The monoisotopic (exact) mass is 419 g/mol. The Balaban J connectivity index is 1.55. The molecule has 0 fully saturated rings. The zero-order chi connectivity index (χ0) is 22.1. The number of H-pyrrole nitrogens is 1. The first-order valence-corrected chi connectivity index (χ1v) is 10.0. The van der Waals surface area contributed by atoms with E-state index >= 15 is 0 Å². The van der Waals surface area contributed by atoms with Gasteiger partial charge in [0.15, 0.2) is 0 Å². The van der Waals surface area contributed by atoms with Gasteiger partial charge in [-0.2, -0.15) is 5.26 Å². The number of benzene rings is 3. The van der Waals surface area contributed by atoms with Crippen LogP contribution in [0.3, 0.4) is 0 Å². The number of non-ortho nitro benzene ring substituents is 1. The number of nitrogens with zero attached hydrogens (tertiary/aromatic N) is 4. The number of nitro benzene ring substituents is 1. The average molecular weight is 419 g/mol. The van der Waals surface area contributed by atoms with Gasteiger partial charge in [0.25, 0.3) is 5.69 Å². The fraction of sp³-hybridized carbons (Fsp3) is 0.0400. The van der Waals surface area contributed by atoms with Gasteiger partial charge in [0, 0.05) is 41.3 Å². The SMILES string of the molecule is N#C/C(=C\c1cn(Cc2ccc([N+](=O)[O-])cc2)c2ccccc12)c1nc2ccccc2[nH]1. The van der Waals surface area contributed by atoms with Crippen LogP contribution in [0.4, 0.5) is 5.69 Å². The van der Waals surface area contributed by atoms with E-state index < -0.39 is 4.92 Å². The second-order valence-corrected chi connectivity index (χ2v) is 7.43. The van der Waals surface area contributed by atoms with Gasteiger partial charge in [-0.1, -0.05) is 42.5 Å². The fourth-order valence-corrected chi connectivity index (χ4v) is 3.83. The van der Waals surface area contributed by atoms with Crippen LogP contribution in [0.5, 0.6) is 0 Å². The van der Waals surface area contributed by atoms with E-state index in [0.717, 1.165) is 33.1 Å². The number of fused-ring (bicyclic) bond motifs is 2. The van der Waals surface area contributed by atoms with E-state index in [4.69, 9.17) is 0 Å². The highest BCUT2D eigenvalue weighted by Crippen LogP contribution is 2.27. The van der Waals surface area contributed by atoms with Crippen molar-refractivity contribution in [2.75, 3.05) is 0 Å². The highest BCUT2D eigenvalue weighted by molar-refractivity contribution is 5.98. The lowest BCUT2D eigenvalue weighted by molar-refractivity contribution is -0.384. The molecule has 154 valence electrons. The number of nitro groups is 1. The summed E-state index contributed by atoms with van der Waals surface area (Å²) in [6.45, 7) is 0.554. The minimum Gasteiger partial charge on any atom is -0.342 e. The molecule has 0 amide bonds. The molecule has 32 heavy (non-hydrogen) atoms. The second kappa shape index (κ2) is 7.85. The predicted octanol–water partition coefficient (Wildman–Crippen LogP) is 5.54. The Morgan fingerprint density at radius 3 is 2.59 bits per heavy atom. The van der Waals surface area contributed by atoms with Crippen molar-refractivity contribution in [2.24, 2.45) is 0 Å². The normalized spacial score (nSPS) is 11.7. The molecule has 0 bridgehead atoms. The molecular weight excluding hydrogens is 402 g/mol. The van der Waals surface area contributed by atoms with Gasteiger partial charge in [-0.3, -0.25) is 10.1 Å². The van der Waals surface area contributed by atoms with Crippen molar-refractivity contribution >= 4 is 39.3 Å². The van der Waals surface area contributed by atoms with Crippen molar-refractivity contribution in [1.29, 1.82) is 5.26 Å². The number of allylic oxidation sites excluding steroid dienone is 1. The van der Waals surface area contributed by atoms with E-state index in [9.17, 15) is 15.4 Å². The Kier molecular flexibility index (Phi) is 4.73. The standard InChI is InChI=1S/C25H17N5O2/c26-14-18(25-27-22-6-2-3-7-23(22)28-25)13-19-16-29(24-8-4-1-5-21(19)24)15-17-9-11-20(12-10-17)30(31)32/h1-13,16H,15H2,(H,27,28)/b18-13+. The summed E-state index contributed by atoms with van der Waals surface area (Å²) in [6, 6.07) is 24.4. The number of rotatable bonds is 5. The molecule has 0 saturated heterocycles. The van der Waals surface area contributed by atoms with Crippen LogP contribution < -0.4 is 0 Å². The highest BCUT2D eigenvalue weighted by atomic mass is 16.6. The van der Waals surface area contributed by atoms with Crippen molar-refractivity contribution < 1.29 is 4.92 Å². The molecule has 5 rings (SSSR count). The van der Waals surface area contributed by atoms with Gasteiger partial charge in [0.2, 0.25) is 0 Å². The number of aromatic amines is 1. The third-order valence-corrected chi connectivity index (χ3v) is 5.38. The average Bonchev–Trinajstić information content (AvgIpc) is 3.39. The van der Waals surface area contributed by atoms with Crippen LogP contribution in [0.25, 0.3) is 33.6 Å². The van der Waals surface area contributed by atoms with Gasteiger partial charge >= 0.3 is 0 Å². The van der Waals surface area contributed by atoms with Gasteiger partial charge in [-0.15, -0.1) is 0 Å². The second-order valence-electron chi connectivity index (χ2n) is 7.43. The molecule has 0 aliphatic carbocycles. The Labute approximate surface area is 183 Å². The molecule has 0 aliphatic rings. The first kappa shape index (κ1) is 19.3. The maximum Gasteiger partial charge on any atom is 0.269 e. The largest absolute Gasteiger partial charge is 0.342 e. The summed E-state index contributed by atoms with van der Waals surface area (Å²) in [5.74, 6) is 0.529. The molecule has 0 saturated carbocycles. The fourth-order valence-electron chi connectivity index (χ4n) is 3.83. The smallest absolute Gasteiger partial charge is 0.269 e. The van der Waals surface area contributed by atoms with E-state index in [1.54, 1.807) is 12.1 Å². The molecule has 0 aliphatic heterocycles. The summed E-state index contributed by atoms with van der Waals surface area (Å²) < 4.78 is 2.08. The Hall–Kier alpha value is -4.70. The number of nitrogens with one attached hydrogen (secondary N) is 1. The number of imidazole rings is 1. The number of hydrogen-bond acceptors (Lipinski definition) is 4. The van der Waals surface area contributed by atoms with Gasteiger partial charge in [0.1, 0.15) is 11.9 Å². The van der Waals surface area contributed by atoms with Gasteiger partial charge in [-0.05, 0) is 29.8 Å². The van der Waals surface area contributed by atoms with Gasteiger partial charge in [0.05, 0.1) is 21.5 Å². The maximum absolute atomic E-state index is 10.9. The summed E-state index contributed by atoms with van der Waals surface area (Å²) in [6.07, 6.45) is 3.83. The molecule has 0 unspecified atom stereocenters. The minimum absolute atomic E-state index is 0.0687. The summed E-state index contributed by atoms with van der Waals surface area (Å²) in [5, 5.41) is 21.7. The summed E-state index contributed by atoms with van der Waals surface area (Å²) in [5.41, 5.74) is 5.07. The zero-order valence-electron chi connectivity index (χ0n) is 16.9. The lowest BCUT2D eigenvalue weighted by Crippen LogP contribution is -1.98. The Bertz CT molecular complexity index is 1500. The molecule has 1 N–H and O–H groups in total. The van der Waals surface area contributed by atoms with Crippen molar-refractivity contribution in [3.63, 3.8) is 0 Å². The molecule has 0 atom stereocenters. The molecule has 0 spiro atoms. The zero-order valence-corrected chi connectivity index (χ0v) is 16.9. The number of nitriles is 1. The van der Waals surface area contributed by atoms with E-state index in [1.807, 2.05) is 60.8 Å². The van der Waals surface area contributed by atoms with Crippen LogP contribution in [0, 0.1) is 21.4 Å². The highest BCUT2D eigenvalue weighted by Gasteiger charge is 2.12. The van der Waals surface area contributed by atoms with E-state index in [2.05, 4.69) is 20.6 Å². The lowest BCUT2D eigenvalue weighted by Gasteiger charge is -2.05. The molecule has 2 heterocycles. The van der Waals surface area contributed by atoms with Crippen LogP contribution in [-0.2, 0) is 6.54 Å². The van der Waals surface area contributed by atoms with Gasteiger partial charge in [-0.25, -0.2) is 4.98 Å². The number of hydrogen-bond donors (Lipinski definition) is 1. The van der Waals surface area contributed by atoms with E-state index in [0.29, 0.717) is 17.9 Å². The van der Waals surface area contributed by atoms with Crippen LogP contribution in [0.1, 0.15) is 17.0 Å². The van der Waals surface area contributed by atoms with Crippen molar-refractivity contribution in [3.05, 3.63) is 106 Å². The molecule has 5 aromatic rings. The molecule has 7 heteroatoms. The van der Waals surface area contributed by atoms with Crippen molar-refractivity contribution in [2.45, 2.75) is 6.54 Å². The molecular formula is C25H17N5O2. The summed E-state index contributed by atoms with van der Waals surface area (Å²) in [7, 11) is 0. The maximum atomic E-state index is 10.9. The van der Waals surface area contributed by atoms with Crippen molar-refractivity contribution in [1.82, 2.24) is 14.5 Å². The lowest BCUT2D eigenvalue weighted by atomic mass is 10.1. The van der Waals surface area contributed by atoms with Crippen LogP contribution in [-0.4, -0.2) is 19.5 Å². The quantitative estimate of drug-likeness (QED) is 0.230. The summed E-state index contributed by atoms with van der Waals surface area (Å²) in [4.78, 5) is 18.3. The third-order valence-electron chi connectivity index (χ3n) is 5.38.